The van der Waals surface area contributed by atoms with Gasteiger partial charge in [0.05, 0.1) is 30.6 Å². The fourth-order valence-electron chi connectivity index (χ4n) is 4.21. The van der Waals surface area contributed by atoms with E-state index in [9.17, 15) is 14.7 Å². The molecule has 2 aliphatic rings. The van der Waals surface area contributed by atoms with E-state index in [0.717, 1.165) is 49.0 Å². The Labute approximate surface area is 158 Å². The lowest BCUT2D eigenvalue weighted by Crippen LogP contribution is -2.21. The molecule has 27 heavy (non-hydrogen) atoms. The molecular weight excluding hydrogens is 344 g/mol. The van der Waals surface area contributed by atoms with Crippen LogP contribution >= 0.6 is 0 Å². The number of methoxy groups -OCH3 is 1. The van der Waals surface area contributed by atoms with Crippen LogP contribution in [0, 0.1) is 5.92 Å². The molecule has 0 saturated heterocycles. The third-order valence-corrected chi connectivity index (χ3v) is 5.79. The highest BCUT2D eigenvalue weighted by molar-refractivity contribution is 5.90. The monoisotopic (exact) mass is 368 g/mol. The largest absolute Gasteiger partial charge is 0.481 e. The Morgan fingerprint density at radius 3 is 2.70 bits per heavy atom. The van der Waals surface area contributed by atoms with Crippen molar-refractivity contribution in [1.29, 1.82) is 0 Å². The fraction of sp³-hybridized carbons (Fsp3) is 0.476. The van der Waals surface area contributed by atoms with Gasteiger partial charge < -0.3 is 9.84 Å². The normalized spacial score (nSPS) is 22.4. The Balaban J connectivity index is 1.66. The number of rotatable bonds is 5. The van der Waals surface area contributed by atoms with Gasteiger partial charge in [0.1, 0.15) is 5.56 Å². The number of ether oxygens (including phenoxy) is 1. The summed E-state index contributed by atoms with van der Waals surface area (Å²) in [5.41, 5.74) is 3.53. The summed E-state index contributed by atoms with van der Waals surface area (Å²) in [5, 5.41) is 13.8. The third kappa shape index (κ3) is 3.48. The number of nitrogens with zero attached hydrogens (tertiary/aromatic N) is 2. The van der Waals surface area contributed by atoms with E-state index in [1.807, 2.05) is 16.8 Å². The van der Waals surface area contributed by atoms with E-state index in [-0.39, 0.29) is 17.8 Å². The number of carboxylic acid groups (broad SMARTS) is 1. The zero-order valence-corrected chi connectivity index (χ0v) is 15.4. The second-order valence-electron chi connectivity index (χ2n) is 7.61. The molecule has 1 aromatic carbocycles. The molecule has 2 unspecified atom stereocenters. The van der Waals surface area contributed by atoms with Crippen LogP contribution in [0.25, 0.3) is 5.69 Å². The van der Waals surface area contributed by atoms with Gasteiger partial charge in [-0.15, -0.1) is 0 Å². The van der Waals surface area contributed by atoms with E-state index in [2.05, 4.69) is 17.2 Å². The quantitative estimate of drug-likeness (QED) is 0.810. The minimum atomic E-state index is -0.693. The van der Waals surface area contributed by atoms with Crippen molar-refractivity contribution in [2.45, 2.75) is 50.4 Å². The summed E-state index contributed by atoms with van der Waals surface area (Å²) in [6, 6.07) is 8.14. The maximum atomic E-state index is 12.1. The smallest absolute Gasteiger partial charge is 0.341 e. The van der Waals surface area contributed by atoms with Crippen LogP contribution in [-0.4, -0.2) is 33.9 Å². The zero-order chi connectivity index (χ0) is 19.0. The van der Waals surface area contributed by atoms with Crippen LogP contribution in [0.3, 0.4) is 0 Å². The molecule has 2 aromatic rings. The summed E-state index contributed by atoms with van der Waals surface area (Å²) in [5.74, 6) is -0.709. The van der Waals surface area contributed by atoms with Gasteiger partial charge >= 0.3 is 11.9 Å². The van der Waals surface area contributed by atoms with Crippen molar-refractivity contribution >= 4 is 11.9 Å². The standard InChI is InChI=1S/C21H24N2O4/c1-27-21(26)18-12-22-23(19(18)13-8-9-13)17-7-3-5-15(11-17)14-4-2-6-16(10-14)20(24)25/h3,5,7,11-14,16H,2,4,6,8-10H2,1H3,(H,24,25). The molecule has 0 spiro atoms. The van der Waals surface area contributed by atoms with Crippen molar-refractivity contribution < 1.29 is 19.4 Å². The molecular formula is C21H24N2O4. The number of hydrogen-bond donors (Lipinski definition) is 1. The van der Waals surface area contributed by atoms with Crippen LogP contribution in [0.15, 0.2) is 30.5 Å². The second-order valence-corrected chi connectivity index (χ2v) is 7.61. The van der Waals surface area contributed by atoms with Crippen molar-refractivity contribution in [2.24, 2.45) is 5.92 Å². The number of carbonyl (C=O) groups excluding carboxylic acids is 1. The van der Waals surface area contributed by atoms with Gasteiger partial charge in [0.15, 0.2) is 0 Å². The topological polar surface area (TPSA) is 81.4 Å². The molecule has 2 saturated carbocycles. The first-order chi connectivity index (χ1) is 13.1. The molecule has 0 amide bonds. The van der Waals surface area contributed by atoms with Crippen molar-refractivity contribution in [3.05, 3.63) is 47.3 Å². The molecule has 1 heterocycles. The SMILES string of the molecule is COC(=O)c1cnn(-c2cccc(C3CCCC(C(=O)O)C3)c2)c1C1CC1. The summed E-state index contributed by atoms with van der Waals surface area (Å²) < 4.78 is 6.76. The zero-order valence-electron chi connectivity index (χ0n) is 15.4. The Morgan fingerprint density at radius 1 is 1.19 bits per heavy atom. The fourth-order valence-corrected chi connectivity index (χ4v) is 4.21. The molecule has 0 aliphatic heterocycles. The van der Waals surface area contributed by atoms with E-state index in [1.165, 1.54) is 7.11 Å². The van der Waals surface area contributed by atoms with Crippen LogP contribution < -0.4 is 0 Å². The molecule has 0 bridgehead atoms. The Kier molecular flexibility index (Phi) is 4.72. The van der Waals surface area contributed by atoms with Crippen LogP contribution in [0.4, 0.5) is 0 Å². The number of carbonyl (C=O) groups is 2. The molecule has 2 aliphatic carbocycles. The van der Waals surface area contributed by atoms with E-state index >= 15 is 0 Å². The second kappa shape index (κ2) is 7.18. The first-order valence-corrected chi connectivity index (χ1v) is 9.58. The van der Waals surface area contributed by atoms with Gasteiger partial charge in [0.25, 0.3) is 0 Å². The highest BCUT2D eigenvalue weighted by Gasteiger charge is 2.33. The number of hydrogen-bond acceptors (Lipinski definition) is 4. The Bertz CT molecular complexity index is 869. The first kappa shape index (κ1) is 17.8. The van der Waals surface area contributed by atoms with Gasteiger partial charge in [-0.25, -0.2) is 9.48 Å². The molecule has 2 atom stereocenters. The maximum Gasteiger partial charge on any atom is 0.341 e. The molecule has 1 N–H and O–H groups in total. The van der Waals surface area contributed by atoms with Gasteiger partial charge in [0.2, 0.25) is 0 Å². The number of carboxylic acids is 1. The average Bonchev–Trinajstić information content (AvgIpc) is 3.45. The summed E-state index contributed by atoms with van der Waals surface area (Å²) in [6.07, 6.45) is 7.09. The van der Waals surface area contributed by atoms with Gasteiger partial charge in [-0.3, -0.25) is 4.79 Å². The minimum Gasteiger partial charge on any atom is -0.481 e. The van der Waals surface area contributed by atoms with E-state index in [4.69, 9.17) is 4.74 Å². The van der Waals surface area contributed by atoms with Crippen molar-refractivity contribution in [3.8, 4) is 5.69 Å². The van der Waals surface area contributed by atoms with Crippen LogP contribution in [0.1, 0.15) is 72.0 Å². The van der Waals surface area contributed by atoms with Gasteiger partial charge in [-0.1, -0.05) is 18.6 Å². The van der Waals surface area contributed by atoms with Crippen molar-refractivity contribution in [3.63, 3.8) is 0 Å². The highest BCUT2D eigenvalue weighted by atomic mass is 16.5. The number of benzene rings is 1. The Hall–Kier alpha value is -2.63. The van der Waals surface area contributed by atoms with E-state index < -0.39 is 5.97 Å². The first-order valence-electron chi connectivity index (χ1n) is 9.58. The summed E-state index contributed by atoms with van der Waals surface area (Å²) in [4.78, 5) is 23.5. The lowest BCUT2D eigenvalue weighted by atomic mass is 9.78. The molecule has 6 heteroatoms. The third-order valence-electron chi connectivity index (χ3n) is 5.79. The molecule has 6 nitrogen and oxygen atoms in total. The highest BCUT2D eigenvalue weighted by Crippen LogP contribution is 2.43. The predicted octanol–water partition coefficient (Wildman–Crippen LogP) is 3.89. The van der Waals surface area contributed by atoms with Crippen molar-refractivity contribution in [2.75, 3.05) is 7.11 Å². The van der Waals surface area contributed by atoms with Crippen LogP contribution in [0.5, 0.6) is 0 Å². The van der Waals surface area contributed by atoms with E-state index in [0.29, 0.717) is 17.9 Å². The van der Waals surface area contributed by atoms with Crippen LogP contribution in [-0.2, 0) is 9.53 Å². The average molecular weight is 368 g/mol. The summed E-state index contributed by atoms with van der Waals surface area (Å²) in [6.45, 7) is 0. The van der Waals surface area contributed by atoms with Gasteiger partial charge in [-0.05, 0) is 55.7 Å². The molecule has 4 rings (SSSR count). The predicted molar refractivity (Wildman–Crippen MR) is 99.2 cm³/mol. The minimum absolute atomic E-state index is 0.250. The summed E-state index contributed by atoms with van der Waals surface area (Å²) in [7, 11) is 1.39. The number of aromatic nitrogens is 2. The molecule has 142 valence electrons. The van der Waals surface area contributed by atoms with E-state index in [1.54, 1.807) is 6.20 Å². The summed E-state index contributed by atoms with van der Waals surface area (Å²) >= 11 is 0. The molecule has 2 fully saturated rings. The van der Waals surface area contributed by atoms with Gasteiger partial charge in [0, 0.05) is 5.92 Å². The lowest BCUT2D eigenvalue weighted by molar-refractivity contribution is -0.143. The number of esters is 1. The Morgan fingerprint density at radius 2 is 2.00 bits per heavy atom. The van der Waals surface area contributed by atoms with Gasteiger partial charge in [-0.2, -0.15) is 5.10 Å². The lowest BCUT2D eigenvalue weighted by Gasteiger charge is -2.27. The number of aliphatic carboxylic acids is 1. The van der Waals surface area contributed by atoms with Crippen molar-refractivity contribution in [1.82, 2.24) is 9.78 Å². The van der Waals surface area contributed by atoms with Crippen LogP contribution in [0.2, 0.25) is 0 Å². The molecule has 0 radical (unpaired) electrons. The maximum absolute atomic E-state index is 12.1. The molecule has 1 aromatic heterocycles.